The number of ether oxygens (including phenoxy) is 2. The maximum Gasteiger partial charge on any atom is 0.324 e. The molecule has 8 nitrogen and oxygen atoms in total. The van der Waals surface area contributed by atoms with Crippen LogP contribution in [0.1, 0.15) is 51.4 Å². The predicted octanol–water partition coefficient (Wildman–Crippen LogP) is 4.84. The summed E-state index contributed by atoms with van der Waals surface area (Å²) < 4.78 is 11.4. The van der Waals surface area contributed by atoms with Gasteiger partial charge in [0, 0.05) is 18.3 Å². The van der Waals surface area contributed by atoms with Crippen LogP contribution >= 0.6 is 11.6 Å². The van der Waals surface area contributed by atoms with Gasteiger partial charge in [-0.25, -0.2) is 0 Å². The van der Waals surface area contributed by atoms with Crippen molar-refractivity contribution in [2.24, 2.45) is 0 Å². The average molecular weight is 447 g/mol. The Morgan fingerprint density at radius 2 is 1.77 bits per heavy atom. The van der Waals surface area contributed by atoms with Gasteiger partial charge in [0.2, 0.25) is 11.9 Å². The smallest absolute Gasteiger partial charge is 0.324 e. The molecule has 2 N–H and O–H groups in total. The zero-order chi connectivity index (χ0) is 21.6. The van der Waals surface area contributed by atoms with E-state index in [1.807, 2.05) is 6.07 Å². The maximum absolute atomic E-state index is 6.27. The Balaban J connectivity index is 1.56. The van der Waals surface area contributed by atoms with Gasteiger partial charge < -0.3 is 20.1 Å². The van der Waals surface area contributed by atoms with Crippen molar-refractivity contribution in [3.8, 4) is 11.8 Å². The number of hydrogen-bond donors (Lipinski definition) is 2. The van der Waals surface area contributed by atoms with Crippen molar-refractivity contribution in [2.45, 2.75) is 63.6 Å². The topological polar surface area (TPSA) is 84.4 Å². The zero-order valence-corrected chi connectivity index (χ0v) is 19.0. The molecule has 0 bridgehead atoms. The van der Waals surface area contributed by atoms with Gasteiger partial charge in [-0.05, 0) is 50.9 Å². The van der Waals surface area contributed by atoms with Gasteiger partial charge in [-0.1, -0.05) is 37.3 Å². The van der Waals surface area contributed by atoms with Crippen molar-refractivity contribution in [1.82, 2.24) is 19.9 Å². The summed E-state index contributed by atoms with van der Waals surface area (Å²) in [5.41, 5.74) is 0.765. The molecule has 1 saturated heterocycles. The second-order valence-corrected chi connectivity index (χ2v) is 8.67. The highest BCUT2D eigenvalue weighted by atomic mass is 35.5. The Hall–Kier alpha value is -2.32. The molecule has 2 aromatic rings. The van der Waals surface area contributed by atoms with E-state index in [2.05, 4.69) is 37.5 Å². The number of halogens is 1. The SMILES string of the molecule is COc1ccc(Nc2nc(NC3CCCCCC3)nc(OC3CCCN3C)n2)cc1Cl. The number of likely N-dealkylation sites (tertiary alicyclic amines) is 1. The molecular weight excluding hydrogens is 416 g/mol. The first-order valence-electron chi connectivity index (χ1n) is 11.1. The highest BCUT2D eigenvalue weighted by Crippen LogP contribution is 2.29. The summed E-state index contributed by atoms with van der Waals surface area (Å²) >= 11 is 6.27. The number of anilines is 3. The van der Waals surface area contributed by atoms with Gasteiger partial charge in [0.1, 0.15) is 5.75 Å². The summed E-state index contributed by atoms with van der Waals surface area (Å²) in [6.07, 6.45) is 9.36. The Morgan fingerprint density at radius 1 is 1.00 bits per heavy atom. The lowest BCUT2D eigenvalue weighted by Crippen LogP contribution is -2.31. The van der Waals surface area contributed by atoms with Crippen molar-refractivity contribution >= 4 is 29.2 Å². The third-order valence-corrected chi connectivity index (χ3v) is 6.20. The fourth-order valence-electron chi connectivity index (χ4n) is 4.16. The standard InChI is InChI=1S/C22H31ClN6O2/c1-29-13-7-10-19(29)31-22-27-20(24-15-8-5-3-4-6-9-15)26-21(28-22)25-16-11-12-18(30-2)17(23)14-16/h11-12,14-15,19H,3-10,13H2,1-2H3,(H2,24,25,26,27,28). The summed E-state index contributed by atoms with van der Waals surface area (Å²) in [7, 11) is 3.65. The number of methoxy groups -OCH3 is 1. The summed E-state index contributed by atoms with van der Waals surface area (Å²) in [6, 6.07) is 6.16. The number of benzene rings is 1. The van der Waals surface area contributed by atoms with Crippen LogP contribution in [0.3, 0.4) is 0 Å². The van der Waals surface area contributed by atoms with Gasteiger partial charge in [-0.2, -0.15) is 15.0 Å². The molecule has 1 aromatic heterocycles. The maximum atomic E-state index is 6.27. The van der Waals surface area contributed by atoms with E-state index in [9.17, 15) is 0 Å². The van der Waals surface area contributed by atoms with E-state index in [4.69, 9.17) is 21.1 Å². The molecule has 2 fully saturated rings. The van der Waals surface area contributed by atoms with Gasteiger partial charge >= 0.3 is 6.01 Å². The van der Waals surface area contributed by atoms with E-state index < -0.39 is 0 Å². The fourth-order valence-corrected chi connectivity index (χ4v) is 4.42. The second kappa shape index (κ2) is 10.3. The molecule has 4 rings (SSSR count). The number of hydrogen-bond acceptors (Lipinski definition) is 8. The summed E-state index contributed by atoms with van der Waals surface area (Å²) in [5.74, 6) is 1.58. The zero-order valence-electron chi connectivity index (χ0n) is 18.2. The van der Waals surface area contributed by atoms with Gasteiger partial charge in [0.25, 0.3) is 0 Å². The minimum Gasteiger partial charge on any atom is -0.495 e. The first kappa shape index (κ1) is 21.9. The van der Waals surface area contributed by atoms with Crippen LogP contribution in [0.2, 0.25) is 5.02 Å². The van der Waals surface area contributed by atoms with Crippen molar-refractivity contribution < 1.29 is 9.47 Å². The first-order valence-corrected chi connectivity index (χ1v) is 11.5. The molecule has 0 spiro atoms. The number of aromatic nitrogens is 3. The molecule has 1 atom stereocenters. The highest BCUT2D eigenvalue weighted by Gasteiger charge is 2.24. The number of nitrogens with one attached hydrogen (secondary N) is 2. The van der Waals surface area contributed by atoms with Crippen molar-refractivity contribution in [3.05, 3.63) is 23.2 Å². The molecule has 1 saturated carbocycles. The van der Waals surface area contributed by atoms with Crippen LogP contribution in [0.4, 0.5) is 17.6 Å². The molecular formula is C22H31ClN6O2. The van der Waals surface area contributed by atoms with Crippen LogP contribution in [0.25, 0.3) is 0 Å². The van der Waals surface area contributed by atoms with E-state index >= 15 is 0 Å². The van der Waals surface area contributed by atoms with Crippen molar-refractivity contribution in [1.29, 1.82) is 0 Å². The average Bonchev–Trinajstić information content (AvgIpc) is 2.98. The quantitative estimate of drug-likeness (QED) is 0.584. The molecule has 1 aliphatic carbocycles. The lowest BCUT2D eigenvalue weighted by atomic mass is 10.1. The fraction of sp³-hybridized carbons (Fsp3) is 0.591. The third kappa shape index (κ3) is 5.89. The Bertz CT molecular complexity index is 875. The molecule has 1 aromatic carbocycles. The Labute approximate surface area is 188 Å². The van der Waals surface area contributed by atoms with E-state index in [1.165, 1.54) is 25.7 Å². The first-order chi connectivity index (χ1) is 15.1. The molecule has 1 aliphatic heterocycles. The Kier molecular flexibility index (Phi) is 7.29. The molecule has 168 valence electrons. The van der Waals surface area contributed by atoms with Crippen LogP contribution in [-0.2, 0) is 0 Å². The highest BCUT2D eigenvalue weighted by molar-refractivity contribution is 6.32. The summed E-state index contributed by atoms with van der Waals surface area (Å²) in [4.78, 5) is 15.9. The monoisotopic (exact) mass is 446 g/mol. The predicted molar refractivity (Wildman–Crippen MR) is 123 cm³/mol. The molecule has 0 radical (unpaired) electrons. The molecule has 2 aliphatic rings. The van der Waals surface area contributed by atoms with Crippen LogP contribution in [0.5, 0.6) is 11.8 Å². The third-order valence-electron chi connectivity index (χ3n) is 5.91. The van der Waals surface area contributed by atoms with Gasteiger partial charge in [-0.3, -0.25) is 4.90 Å². The van der Waals surface area contributed by atoms with E-state index in [1.54, 1.807) is 19.2 Å². The molecule has 31 heavy (non-hydrogen) atoms. The van der Waals surface area contributed by atoms with E-state index in [0.29, 0.717) is 34.7 Å². The largest absolute Gasteiger partial charge is 0.495 e. The molecule has 0 amide bonds. The van der Waals surface area contributed by atoms with Crippen LogP contribution in [0.15, 0.2) is 18.2 Å². The number of nitrogens with zero attached hydrogens (tertiary/aromatic N) is 4. The van der Waals surface area contributed by atoms with Crippen molar-refractivity contribution in [2.75, 3.05) is 31.3 Å². The van der Waals surface area contributed by atoms with Gasteiger partial charge in [-0.15, -0.1) is 0 Å². The van der Waals surface area contributed by atoms with Gasteiger partial charge in [0.05, 0.1) is 12.1 Å². The lowest BCUT2D eigenvalue weighted by molar-refractivity contribution is 0.0716. The van der Waals surface area contributed by atoms with Crippen LogP contribution in [-0.4, -0.2) is 52.8 Å². The van der Waals surface area contributed by atoms with Crippen LogP contribution in [0, 0.1) is 0 Å². The van der Waals surface area contributed by atoms with E-state index in [0.717, 1.165) is 37.9 Å². The van der Waals surface area contributed by atoms with E-state index in [-0.39, 0.29) is 6.23 Å². The Morgan fingerprint density at radius 3 is 2.45 bits per heavy atom. The summed E-state index contributed by atoms with van der Waals surface area (Å²) in [5, 5.41) is 7.25. The van der Waals surface area contributed by atoms with Gasteiger partial charge in [0.15, 0.2) is 6.23 Å². The lowest BCUT2D eigenvalue weighted by Gasteiger charge is -2.21. The normalized spacial score (nSPS) is 20.3. The minimum atomic E-state index is -0.0172. The number of rotatable bonds is 7. The second-order valence-electron chi connectivity index (χ2n) is 8.27. The van der Waals surface area contributed by atoms with Crippen LogP contribution < -0.4 is 20.1 Å². The minimum absolute atomic E-state index is 0.0172. The van der Waals surface area contributed by atoms with Crippen molar-refractivity contribution in [3.63, 3.8) is 0 Å². The molecule has 2 heterocycles. The molecule has 1 unspecified atom stereocenters. The molecule has 9 heteroatoms. The summed E-state index contributed by atoms with van der Waals surface area (Å²) in [6.45, 7) is 1.01.